The van der Waals surface area contributed by atoms with E-state index in [0.29, 0.717) is 30.6 Å². The lowest BCUT2D eigenvalue weighted by Crippen LogP contribution is -2.46. The molecule has 3 rings (SSSR count). The predicted molar refractivity (Wildman–Crippen MR) is 90.1 cm³/mol. The number of carbonyl (C=O) groups is 1. The minimum Gasteiger partial charge on any atom is -0.378 e. The average molecular weight is 331 g/mol. The molecule has 0 unspecified atom stereocenters. The fraction of sp³-hybridized carbons (Fsp3) is 0.471. The van der Waals surface area contributed by atoms with E-state index in [4.69, 9.17) is 4.74 Å². The largest absolute Gasteiger partial charge is 0.378 e. The van der Waals surface area contributed by atoms with Crippen molar-refractivity contribution in [1.82, 2.24) is 14.5 Å². The number of likely N-dealkylation sites (tertiary alicyclic amines) is 1. The van der Waals surface area contributed by atoms with Crippen molar-refractivity contribution in [2.75, 3.05) is 19.7 Å². The predicted octanol–water partition coefficient (Wildman–Crippen LogP) is 0.717. The van der Waals surface area contributed by atoms with Crippen LogP contribution in [0.25, 0.3) is 10.9 Å². The zero-order chi connectivity index (χ0) is 17.1. The SMILES string of the molecule is CCOC1CCN(C(=O)Cn2c(=O)[nH]c3ccccc3c2=O)CC1. The van der Waals surface area contributed by atoms with Crippen LogP contribution in [-0.4, -0.2) is 46.2 Å². The Labute approximate surface area is 138 Å². The maximum absolute atomic E-state index is 12.5. The Kier molecular flexibility index (Phi) is 4.80. The van der Waals surface area contributed by atoms with Crippen molar-refractivity contribution < 1.29 is 9.53 Å². The number of fused-ring (bicyclic) bond motifs is 1. The zero-order valence-electron chi connectivity index (χ0n) is 13.7. The minimum absolute atomic E-state index is 0.186. The van der Waals surface area contributed by atoms with Gasteiger partial charge in [0.2, 0.25) is 5.91 Å². The van der Waals surface area contributed by atoms with Crippen molar-refractivity contribution >= 4 is 16.8 Å². The van der Waals surface area contributed by atoms with Crippen LogP contribution in [0.2, 0.25) is 0 Å². The first-order valence-corrected chi connectivity index (χ1v) is 8.21. The Morgan fingerprint density at radius 3 is 2.67 bits per heavy atom. The highest BCUT2D eigenvalue weighted by Gasteiger charge is 2.23. The number of nitrogens with one attached hydrogen (secondary N) is 1. The molecule has 2 heterocycles. The molecule has 2 aromatic rings. The first kappa shape index (κ1) is 16.4. The molecule has 7 heteroatoms. The van der Waals surface area contributed by atoms with Crippen LogP contribution < -0.4 is 11.2 Å². The molecule has 0 spiro atoms. The summed E-state index contributed by atoms with van der Waals surface area (Å²) in [6.07, 6.45) is 1.75. The fourth-order valence-corrected chi connectivity index (χ4v) is 3.09. The van der Waals surface area contributed by atoms with Gasteiger partial charge in [0.1, 0.15) is 6.54 Å². The van der Waals surface area contributed by atoms with Gasteiger partial charge in [-0.3, -0.25) is 14.2 Å². The van der Waals surface area contributed by atoms with Crippen LogP contribution in [0.3, 0.4) is 0 Å². The van der Waals surface area contributed by atoms with Crippen molar-refractivity contribution in [3.05, 3.63) is 45.1 Å². The summed E-state index contributed by atoms with van der Waals surface area (Å²) in [6, 6.07) is 6.79. The molecule has 0 bridgehead atoms. The number of hydrogen-bond donors (Lipinski definition) is 1. The number of piperidine rings is 1. The number of nitrogens with zero attached hydrogens (tertiary/aromatic N) is 2. The van der Waals surface area contributed by atoms with Crippen molar-refractivity contribution in [3.8, 4) is 0 Å². The van der Waals surface area contributed by atoms with E-state index in [1.54, 1.807) is 29.2 Å². The topological polar surface area (TPSA) is 84.4 Å². The summed E-state index contributed by atoms with van der Waals surface area (Å²) in [6.45, 7) is 3.56. The van der Waals surface area contributed by atoms with Crippen LogP contribution in [0.4, 0.5) is 0 Å². The summed E-state index contributed by atoms with van der Waals surface area (Å²) in [4.78, 5) is 41.4. The normalized spacial score (nSPS) is 15.8. The summed E-state index contributed by atoms with van der Waals surface area (Å²) in [5, 5.41) is 0.403. The lowest BCUT2D eigenvalue weighted by Gasteiger charge is -2.31. The van der Waals surface area contributed by atoms with E-state index >= 15 is 0 Å². The van der Waals surface area contributed by atoms with Gasteiger partial charge < -0.3 is 14.6 Å². The minimum atomic E-state index is -0.559. The van der Waals surface area contributed by atoms with Crippen molar-refractivity contribution in [1.29, 1.82) is 0 Å². The number of aromatic nitrogens is 2. The Bertz CT molecular complexity index is 847. The maximum Gasteiger partial charge on any atom is 0.329 e. The summed E-state index contributed by atoms with van der Waals surface area (Å²) in [7, 11) is 0. The molecule has 0 aliphatic carbocycles. The van der Waals surface area contributed by atoms with Gasteiger partial charge >= 0.3 is 5.69 Å². The summed E-state index contributed by atoms with van der Waals surface area (Å²) < 4.78 is 6.54. The number of rotatable bonds is 4. The summed E-state index contributed by atoms with van der Waals surface area (Å²) >= 11 is 0. The maximum atomic E-state index is 12.5. The lowest BCUT2D eigenvalue weighted by molar-refractivity contribution is -0.134. The van der Waals surface area contributed by atoms with Crippen LogP contribution in [0.15, 0.2) is 33.9 Å². The van der Waals surface area contributed by atoms with Gasteiger partial charge in [-0.2, -0.15) is 0 Å². The Morgan fingerprint density at radius 1 is 1.25 bits per heavy atom. The quantitative estimate of drug-likeness (QED) is 0.894. The monoisotopic (exact) mass is 331 g/mol. The van der Waals surface area contributed by atoms with Crippen molar-refractivity contribution in [2.24, 2.45) is 0 Å². The highest BCUT2D eigenvalue weighted by Crippen LogP contribution is 2.14. The van der Waals surface area contributed by atoms with E-state index in [0.717, 1.165) is 17.4 Å². The highest BCUT2D eigenvalue weighted by molar-refractivity contribution is 5.79. The molecule has 0 atom stereocenters. The molecular weight excluding hydrogens is 310 g/mol. The average Bonchev–Trinajstić information content (AvgIpc) is 2.59. The number of hydrogen-bond acceptors (Lipinski definition) is 4. The molecule has 1 aromatic heterocycles. The van der Waals surface area contributed by atoms with E-state index in [-0.39, 0.29) is 18.6 Å². The van der Waals surface area contributed by atoms with Gasteiger partial charge in [-0.15, -0.1) is 0 Å². The van der Waals surface area contributed by atoms with Gasteiger partial charge in [0.15, 0.2) is 0 Å². The van der Waals surface area contributed by atoms with Crippen molar-refractivity contribution in [2.45, 2.75) is 32.4 Å². The molecular formula is C17H21N3O4. The van der Waals surface area contributed by atoms with E-state index < -0.39 is 11.2 Å². The fourth-order valence-electron chi connectivity index (χ4n) is 3.09. The molecule has 0 saturated carbocycles. The van der Waals surface area contributed by atoms with Gasteiger partial charge in [0.25, 0.3) is 5.56 Å². The second kappa shape index (κ2) is 7.00. The number of aromatic amines is 1. The third-order valence-corrected chi connectivity index (χ3v) is 4.38. The van der Waals surface area contributed by atoms with Crippen LogP contribution in [0, 0.1) is 0 Å². The number of H-pyrrole nitrogens is 1. The lowest BCUT2D eigenvalue weighted by atomic mass is 10.1. The standard InChI is InChI=1S/C17H21N3O4/c1-2-24-12-7-9-19(10-8-12)15(21)11-20-16(22)13-5-3-4-6-14(13)18-17(20)23/h3-6,12H,2,7-11H2,1H3,(H,18,23). The molecule has 1 aliphatic heterocycles. The molecule has 24 heavy (non-hydrogen) atoms. The van der Waals surface area contributed by atoms with Gasteiger partial charge in [-0.1, -0.05) is 12.1 Å². The smallest absolute Gasteiger partial charge is 0.329 e. The molecule has 7 nitrogen and oxygen atoms in total. The molecule has 1 N–H and O–H groups in total. The van der Waals surface area contributed by atoms with E-state index in [2.05, 4.69) is 4.98 Å². The highest BCUT2D eigenvalue weighted by atomic mass is 16.5. The van der Waals surface area contributed by atoms with E-state index in [9.17, 15) is 14.4 Å². The number of amides is 1. The second-order valence-corrected chi connectivity index (χ2v) is 5.90. The Morgan fingerprint density at radius 2 is 1.96 bits per heavy atom. The van der Waals surface area contributed by atoms with Crippen LogP contribution in [0.1, 0.15) is 19.8 Å². The Hall–Kier alpha value is -2.41. The molecule has 1 amide bonds. The first-order valence-electron chi connectivity index (χ1n) is 8.21. The van der Waals surface area contributed by atoms with Gasteiger partial charge in [-0.25, -0.2) is 4.79 Å². The molecule has 1 aromatic carbocycles. The molecule has 1 aliphatic rings. The Balaban J connectivity index is 1.77. The van der Waals surface area contributed by atoms with Crippen LogP contribution in [0.5, 0.6) is 0 Å². The number of ether oxygens (including phenoxy) is 1. The number of para-hydroxylation sites is 1. The second-order valence-electron chi connectivity index (χ2n) is 5.90. The van der Waals surface area contributed by atoms with Gasteiger partial charge in [0, 0.05) is 19.7 Å². The molecule has 0 radical (unpaired) electrons. The first-order chi connectivity index (χ1) is 11.6. The van der Waals surface area contributed by atoms with Gasteiger partial charge in [-0.05, 0) is 31.9 Å². The number of benzene rings is 1. The molecule has 128 valence electrons. The number of carbonyl (C=O) groups excluding carboxylic acids is 1. The van der Waals surface area contributed by atoms with E-state index in [1.165, 1.54) is 0 Å². The van der Waals surface area contributed by atoms with E-state index in [1.807, 2.05) is 6.92 Å². The van der Waals surface area contributed by atoms with Crippen LogP contribution >= 0.6 is 0 Å². The third kappa shape index (κ3) is 3.26. The van der Waals surface area contributed by atoms with Crippen molar-refractivity contribution in [3.63, 3.8) is 0 Å². The van der Waals surface area contributed by atoms with Gasteiger partial charge in [0.05, 0.1) is 17.0 Å². The molecule has 1 saturated heterocycles. The zero-order valence-corrected chi connectivity index (χ0v) is 13.7. The molecule has 1 fully saturated rings. The summed E-state index contributed by atoms with van der Waals surface area (Å²) in [5.41, 5.74) is -0.517. The summed E-state index contributed by atoms with van der Waals surface area (Å²) in [5.74, 6) is -0.215. The third-order valence-electron chi connectivity index (χ3n) is 4.38. The van der Waals surface area contributed by atoms with Crippen LogP contribution in [-0.2, 0) is 16.1 Å².